The normalized spacial score (nSPS) is 30.3. The molecule has 0 aromatic carbocycles. The second-order valence-corrected chi connectivity index (χ2v) is 5.11. The van der Waals surface area contributed by atoms with Crippen LogP contribution in [0.15, 0.2) is 21.9 Å². The van der Waals surface area contributed by atoms with Crippen molar-refractivity contribution in [2.24, 2.45) is 0 Å². The van der Waals surface area contributed by atoms with Crippen LogP contribution in [0.5, 0.6) is 0 Å². The molecule has 1 aromatic rings. The number of carbonyl (C=O) groups is 1. The predicted octanol–water partition coefficient (Wildman–Crippen LogP) is -2.40. The molecule has 128 valence electrons. The van der Waals surface area contributed by atoms with E-state index in [9.17, 15) is 29.7 Å². The van der Waals surface area contributed by atoms with Gasteiger partial charge in [0.05, 0.1) is 6.61 Å². The van der Waals surface area contributed by atoms with Crippen LogP contribution in [0.2, 0.25) is 0 Å². The van der Waals surface area contributed by atoms with Crippen LogP contribution in [-0.2, 0) is 20.2 Å². The average Bonchev–Trinajstić information content (AvgIpc) is 2.73. The summed E-state index contributed by atoms with van der Waals surface area (Å²) in [4.78, 5) is 37.0. The minimum atomic E-state index is -2.37. The highest BCUT2D eigenvalue weighted by Gasteiger charge is 2.59. The van der Waals surface area contributed by atoms with Gasteiger partial charge in [0, 0.05) is 18.7 Å². The zero-order valence-corrected chi connectivity index (χ0v) is 12.3. The van der Waals surface area contributed by atoms with Crippen molar-refractivity contribution in [2.75, 3.05) is 6.61 Å². The Kier molecular flexibility index (Phi) is 5.00. The molecular weight excluding hydrogens is 312 g/mol. The minimum Gasteiger partial charge on any atom is -0.410 e. The summed E-state index contributed by atoms with van der Waals surface area (Å²) < 4.78 is 11.1. The van der Waals surface area contributed by atoms with Gasteiger partial charge in [-0.1, -0.05) is 6.92 Å². The molecule has 0 saturated carbocycles. The number of aromatic amines is 1. The fraction of sp³-hybridized carbons (Fsp3) is 0.615. The Morgan fingerprint density at radius 1 is 1.48 bits per heavy atom. The molecule has 0 spiro atoms. The lowest BCUT2D eigenvalue weighted by Crippen LogP contribution is -2.54. The molecule has 4 atom stereocenters. The topological polar surface area (TPSA) is 151 Å². The molecule has 10 heteroatoms. The first-order valence-electron chi connectivity index (χ1n) is 7.04. The first kappa shape index (κ1) is 17.3. The van der Waals surface area contributed by atoms with E-state index in [0.29, 0.717) is 11.0 Å². The van der Waals surface area contributed by atoms with Crippen molar-refractivity contribution in [3.8, 4) is 0 Å². The zero-order valence-electron chi connectivity index (χ0n) is 12.3. The van der Waals surface area contributed by atoms with E-state index in [2.05, 4.69) is 0 Å². The van der Waals surface area contributed by atoms with E-state index in [1.54, 1.807) is 6.92 Å². The summed E-state index contributed by atoms with van der Waals surface area (Å²) >= 11 is 0. The Labute approximate surface area is 129 Å². The summed E-state index contributed by atoms with van der Waals surface area (Å²) in [5, 5.41) is 29.4. The number of H-pyrrole nitrogens is 1. The summed E-state index contributed by atoms with van der Waals surface area (Å²) in [7, 11) is 0. The van der Waals surface area contributed by atoms with Gasteiger partial charge < -0.3 is 24.8 Å². The van der Waals surface area contributed by atoms with E-state index in [4.69, 9.17) is 9.47 Å². The van der Waals surface area contributed by atoms with Gasteiger partial charge in [-0.3, -0.25) is 14.6 Å². The third-order valence-corrected chi connectivity index (χ3v) is 3.45. The summed E-state index contributed by atoms with van der Waals surface area (Å²) in [5.41, 5.74) is -1.71. The summed E-state index contributed by atoms with van der Waals surface area (Å²) in [6, 6.07) is 0.964. The third-order valence-electron chi connectivity index (χ3n) is 3.45. The van der Waals surface area contributed by atoms with Gasteiger partial charge in [-0.05, 0) is 6.42 Å². The zero-order chi connectivity index (χ0) is 17.2. The molecule has 0 unspecified atom stereocenters. The van der Waals surface area contributed by atoms with Crippen molar-refractivity contribution in [3.05, 3.63) is 33.1 Å². The number of rotatable bonds is 5. The number of nitrogens with zero attached hydrogens (tertiary/aromatic N) is 1. The molecule has 0 amide bonds. The molecule has 2 rings (SSSR count). The molecular formula is C13H18N2O8. The first-order valence-corrected chi connectivity index (χ1v) is 7.04. The lowest BCUT2D eigenvalue weighted by Gasteiger charge is -2.32. The Bertz CT molecular complexity index is 683. The molecule has 0 aliphatic carbocycles. The summed E-state index contributed by atoms with van der Waals surface area (Å²) in [6.07, 6.45) is -3.33. The number of aromatic nitrogens is 2. The van der Waals surface area contributed by atoms with Gasteiger partial charge in [0.1, 0.15) is 12.2 Å². The average molecular weight is 330 g/mol. The minimum absolute atomic E-state index is 0.0180. The molecule has 23 heavy (non-hydrogen) atoms. The molecule has 1 aliphatic heterocycles. The molecule has 10 nitrogen and oxygen atoms in total. The molecule has 1 aromatic heterocycles. The standard InChI is InChI=1S/C13H18N2O8/c1-2-3-9(18)23-13(11(20)10(19)7(6-16)22-13)15-5-4-8(17)14-12(15)21/h4-5,7,10-11,16,19-20H,2-3,6H2,1H3,(H,14,17,21)/t7-,10-,11-,13+/m1/s1. The van der Waals surface area contributed by atoms with Crippen LogP contribution >= 0.6 is 0 Å². The number of aliphatic hydroxyl groups is 3. The lowest BCUT2D eigenvalue weighted by molar-refractivity contribution is -0.301. The fourth-order valence-corrected chi connectivity index (χ4v) is 2.33. The van der Waals surface area contributed by atoms with Crippen molar-refractivity contribution in [2.45, 2.75) is 44.0 Å². The predicted molar refractivity (Wildman–Crippen MR) is 74.3 cm³/mol. The van der Waals surface area contributed by atoms with Crippen LogP contribution in [0.4, 0.5) is 0 Å². The SMILES string of the molecule is CCCC(=O)O[C@@]1(n2ccc(=O)[nH]c2=O)O[C@H](CO)[C@@H](O)[C@H]1O. The quantitative estimate of drug-likeness (QED) is 0.436. The van der Waals surface area contributed by atoms with E-state index in [1.165, 1.54) is 0 Å². The van der Waals surface area contributed by atoms with Gasteiger partial charge in [0.15, 0.2) is 6.10 Å². The van der Waals surface area contributed by atoms with Crippen LogP contribution in [0.3, 0.4) is 0 Å². The van der Waals surface area contributed by atoms with Crippen LogP contribution in [0, 0.1) is 0 Å². The van der Waals surface area contributed by atoms with Gasteiger partial charge in [-0.2, -0.15) is 0 Å². The lowest BCUT2D eigenvalue weighted by atomic mass is 10.1. The Balaban J connectivity index is 2.54. The van der Waals surface area contributed by atoms with E-state index in [1.807, 2.05) is 4.98 Å². The second kappa shape index (κ2) is 6.62. The summed E-state index contributed by atoms with van der Waals surface area (Å²) in [5.74, 6) is -3.16. The van der Waals surface area contributed by atoms with E-state index in [-0.39, 0.29) is 6.42 Å². The Hall–Kier alpha value is -2.01. The largest absolute Gasteiger partial charge is 0.410 e. The summed E-state index contributed by atoms with van der Waals surface area (Å²) in [6.45, 7) is 1.04. The molecule has 2 heterocycles. The number of hydrogen-bond donors (Lipinski definition) is 4. The Morgan fingerprint density at radius 2 is 2.17 bits per heavy atom. The van der Waals surface area contributed by atoms with Crippen LogP contribution < -0.4 is 11.2 Å². The Morgan fingerprint density at radius 3 is 2.70 bits per heavy atom. The van der Waals surface area contributed by atoms with E-state index < -0.39 is 48.0 Å². The van der Waals surface area contributed by atoms with Crippen molar-refractivity contribution in [1.82, 2.24) is 9.55 Å². The van der Waals surface area contributed by atoms with Crippen molar-refractivity contribution in [3.63, 3.8) is 0 Å². The maximum atomic E-state index is 12.0. The molecule has 1 aliphatic rings. The number of nitrogens with one attached hydrogen (secondary N) is 1. The smallest absolute Gasteiger partial charge is 0.335 e. The van der Waals surface area contributed by atoms with Crippen molar-refractivity contribution in [1.29, 1.82) is 0 Å². The highest BCUT2D eigenvalue weighted by Crippen LogP contribution is 2.36. The molecule has 0 bridgehead atoms. The number of esters is 1. The molecule has 1 fully saturated rings. The highest BCUT2D eigenvalue weighted by atomic mass is 16.8. The van der Waals surface area contributed by atoms with Crippen LogP contribution in [-0.4, -0.2) is 55.8 Å². The van der Waals surface area contributed by atoms with Crippen molar-refractivity contribution < 1.29 is 29.6 Å². The number of ether oxygens (including phenoxy) is 2. The molecule has 0 radical (unpaired) electrons. The van der Waals surface area contributed by atoms with E-state index in [0.717, 1.165) is 12.3 Å². The van der Waals surface area contributed by atoms with Crippen LogP contribution in [0.25, 0.3) is 0 Å². The number of carbonyl (C=O) groups excluding carboxylic acids is 1. The maximum Gasteiger partial charge on any atom is 0.335 e. The van der Waals surface area contributed by atoms with Gasteiger partial charge in [-0.15, -0.1) is 0 Å². The monoisotopic (exact) mass is 330 g/mol. The number of hydrogen-bond acceptors (Lipinski definition) is 8. The molecule has 4 N–H and O–H groups in total. The van der Waals surface area contributed by atoms with Gasteiger partial charge in [0.25, 0.3) is 5.56 Å². The second-order valence-electron chi connectivity index (χ2n) is 5.11. The fourth-order valence-electron chi connectivity index (χ4n) is 2.33. The molecule has 1 saturated heterocycles. The van der Waals surface area contributed by atoms with Gasteiger partial charge >= 0.3 is 17.6 Å². The van der Waals surface area contributed by atoms with Gasteiger partial charge in [0.2, 0.25) is 0 Å². The maximum absolute atomic E-state index is 12.0. The van der Waals surface area contributed by atoms with Crippen molar-refractivity contribution >= 4 is 5.97 Å². The third kappa shape index (κ3) is 3.06. The van der Waals surface area contributed by atoms with E-state index >= 15 is 0 Å². The number of aliphatic hydroxyl groups excluding tert-OH is 3. The van der Waals surface area contributed by atoms with Crippen LogP contribution in [0.1, 0.15) is 19.8 Å². The highest BCUT2D eigenvalue weighted by molar-refractivity contribution is 5.69. The first-order chi connectivity index (χ1) is 10.9. The van der Waals surface area contributed by atoms with Gasteiger partial charge in [-0.25, -0.2) is 9.36 Å².